The van der Waals surface area contributed by atoms with Gasteiger partial charge in [-0.25, -0.2) is 0 Å². The summed E-state index contributed by atoms with van der Waals surface area (Å²) in [5.41, 5.74) is 6.57. The number of hydrogen-bond acceptors (Lipinski definition) is 0. The van der Waals surface area contributed by atoms with Crippen molar-refractivity contribution in [2.24, 2.45) is 0 Å². The molecule has 1 aromatic carbocycles. The zero-order valence-electron chi connectivity index (χ0n) is 8.89. The standard InChI is InChI=1S/C13H15N/c1-9-7-12(8-10(2)11(9)3)13-5-4-6-14-13/h4-8,14H,1-3H3. The van der Waals surface area contributed by atoms with E-state index < -0.39 is 0 Å². The minimum Gasteiger partial charge on any atom is -0.361 e. The zero-order chi connectivity index (χ0) is 10.1. The fourth-order valence-electron chi connectivity index (χ4n) is 1.70. The van der Waals surface area contributed by atoms with E-state index in [0.717, 1.165) is 0 Å². The number of H-pyrrole nitrogens is 1. The topological polar surface area (TPSA) is 15.8 Å². The fraction of sp³-hybridized carbons (Fsp3) is 0.231. The van der Waals surface area contributed by atoms with E-state index >= 15 is 0 Å². The molecule has 0 spiro atoms. The van der Waals surface area contributed by atoms with E-state index in [1.54, 1.807) is 0 Å². The highest BCUT2D eigenvalue weighted by Gasteiger charge is 2.02. The van der Waals surface area contributed by atoms with Crippen molar-refractivity contribution in [1.29, 1.82) is 0 Å². The maximum Gasteiger partial charge on any atom is 0.0454 e. The minimum absolute atomic E-state index is 1.19. The molecular formula is C13H15N. The lowest BCUT2D eigenvalue weighted by Gasteiger charge is -2.07. The van der Waals surface area contributed by atoms with Crippen molar-refractivity contribution in [2.75, 3.05) is 0 Å². The van der Waals surface area contributed by atoms with Gasteiger partial charge in [0.05, 0.1) is 0 Å². The molecule has 1 heteroatoms. The van der Waals surface area contributed by atoms with Crippen molar-refractivity contribution >= 4 is 0 Å². The normalized spacial score (nSPS) is 10.5. The molecule has 1 N–H and O–H groups in total. The molecule has 1 heterocycles. The third kappa shape index (κ3) is 1.46. The number of aryl methyl sites for hydroxylation is 2. The van der Waals surface area contributed by atoms with Crippen molar-refractivity contribution in [3.8, 4) is 11.3 Å². The predicted molar refractivity (Wildman–Crippen MR) is 60.4 cm³/mol. The van der Waals surface area contributed by atoms with Crippen LogP contribution in [0, 0.1) is 20.8 Å². The summed E-state index contributed by atoms with van der Waals surface area (Å²) in [5, 5.41) is 0. The number of hydrogen-bond donors (Lipinski definition) is 1. The summed E-state index contributed by atoms with van der Waals surface area (Å²) in [6.45, 7) is 6.49. The molecular weight excluding hydrogens is 170 g/mol. The number of nitrogens with one attached hydrogen (secondary N) is 1. The number of aromatic nitrogens is 1. The van der Waals surface area contributed by atoms with E-state index in [-0.39, 0.29) is 0 Å². The Balaban J connectivity index is 2.57. The molecule has 0 aliphatic carbocycles. The van der Waals surface area contributed by atoms with Crippen LogP contribution in [-0.4, -0.2) is 4.98 Å². The van der Waals surface area contributed by atoms with Gasteiger partial charge in [-0.1, -0.05) is 0 Å². The summed E-state index contributed by atoms with van der Waals surface area (Å²) in [6, 6.07) is 8.59. The summed E-state index contributed by atoms with van der Waals surface area (Å²) in [5.74, 6) is 0. The van der Waals surface area contributed by atoms with Gasteiger partial charge in [0.2, 0.25) is 0 Å². The van der Waals surface area contributed by atoms with Crippen molar-refractivity contribution in [3.63, 3.8) is 0 Å². The van der Waals surface area contributed by atoms with Gasteiger partial charge in [0.1, 0.15) is 0 Å². The Hall–Kier alpha value is -1.50. The smallest absolute Gasteiger partial charge is 0.0454 e. The second-order valence-electron chi connectivity index (χ2n) is 3.82. The van der Waals surface area contributed by atoms with Crippen LogP contribution >= 0.6 is 0 Å². The van der Waals surface area contributed by atoms with E-state index in [4.69, 9.17) is 0 Å². The summed E-state index contributed by atoms with van der Waals surface area (Å²) < 4.78 is 0. The quantitative estimate of drug-likeness (QED) is 0.698. The van der Waals surface area contributed by atoms with E-state index in [1.165, 1.54) is 27.9 Å². The highest BCUT2D eigenvalue weighted by atomic mass is 14.7. The lowest BCUT2D eigenvalue weighted by Crippen LogP contribution is -1.88. The van der Waals surface area contributed by atoms with Crippen molar-refractivity contribution < 1.29 is 0 Å². The van der Waals surface area contributed by atoms with E-state index in [0.29, 0.717) is 0 Å². The van der Waals surface area contributed by atoms with Crippen LogP contribution in [0.4, 0.5) is 0 Å². The molecule has 0 aliphatic rings. The van der Waals surface area contributed by atoms with Gasteiger partial charge in [-0.15, -0.1) is 0 Å². The molecule has 2 aromatic rings. The first-order valence-corrected chi connectivity index (χ1v) is 4.90. The first kappa shape index (κ1) is 9.07. The third-order valence-electron chi connectivity index (χ3n) is 2.84. The van der Waals surface area contributed by atoms with Crippen LogP contribution in [0.15, 0.2) is 30.5 Å². The highest BCUT2D eigenvalue weighted by Crippen LogP contribution is 2.23. The van der Waals surface area contributed by atoms with Gasteiger partial charge in [0, 0.05) is 11.9 Å². The van der Waals surface area contributed by atoms with Crippen molar-refractivity contribution in [1.82, 2.24) is 4.98 Å². The Kier molecular flexibility index (Phi) is 2.16. The largest absolute Gasteiger partial charge is 0.361 e. The van der Waals surface area contributed by atoms with Gasteiger partial charge in [-0.3, -0.25) is 0 Å². The fourth-order valence-corrected chi connectivity index (χ4v) is 1.70. The van der Waals surface area contributed by atoms with Crippen LogP contribution in [0.5, 0.6) is 0 Å². The van der Waals surface area contributed by atoms with Gasteiger partial charge >= 0.3 is 0 Å². The predicted octanol–water partition coefficient (Wildman–Crippen LogP) is 3.61. The van der Waals surface area contributed by atoms with E-state index in [9.17, 15) is 0 Å². The highest BCUT2D eigenvalue weighted by molar-refractivity contribution is 5.62. The molecule has 0 atom stereocenters. The molecule has 0 bridgehead atoms. The number of benzene rings is 1. The van der Waals surface area contributed by atoms with Gasteiger partial charge in [-0.2, -0.15) is 0 Å². The Morgan fingerprint density at radius 2 is 1.64 bits per heavy atom. The monoisotopic (exact) mass is 185 g/mol. The molecule has 0 radical (unpaired) electrons. The summed E-state index contributed by atoms with van der Waals surface area (Å²) in [7, 11) is 0. The van der Waals surface area contributed by atoms with Gasteiger partial charge < -0.3 is 4.98 Å². The molecule has 0 amide bonds. The molecule has 0 fully saturated rings. The average Bonchev–Trinajstić information content (AvgIpc) is 2.66. The Morgan fingerprint density at radius 1 is 1.00 bits per heavy atom. The third-order valence-corrected chi connectivity index (χ3v) is 2.84. The molecule has 0 unspecified atom stereocenters. The zero-order valence-corrected chi connectivity index (χ0v) is 8.89. The SMILES string of the molecule is Cc1cc(-c2ccc[nH]2)cc(C)c1C. The van der Waals surface area contributed by atoms with Crippen LogP contribution in [0.1, 0.15) is 16.7 Å². The average molecular weight is 185 g/mol. The number of rotatable bonds is 1. The van der Waals surface area contributed by atoms with Crippen molar-refractivity contribution in [3.05, 3.63) is 47.2 Å². The van der Waals surface area contributed by atoms with Crippen LogP contribution in [-0.2, 0) is 0 Å². The molecule has 0 saturated carbocycles. The summed E-state index contributed by atoms with van der Waals surface area (Å²) >= 11 is 0. The summed E-state index contributed by atoms with van der Waals surface area (Å²) in [6.07, 6.45) is 1.96. The molecule has 0 aliphatic heterocycles. The first-order valence-electron chi connectivity index (χ1n) is 4.90. The van der Waals surface area contributed by atoms with Crippen molar-refractivity contribution in [2.45, 2.75) is 20.8 Å². The van der Waals surface area contributed by atoms with Gasteiger partial charge in [0.15, 0.2) is 0 Å². The van der Waals surface area contributed by atoms with Crippen LogP contribution < -0.4 is 0 Å². The molecule has 0 saturated heterocycles. The van der Waals surface area contributed by atoms with Crippen LogP contribution in [0.2, 0.25) is 0 Å². The lowest BCUT2D eigenvalue weighted by atomic mass is 9.99. The second kappa shape index (κ2) is 3.33. The minimum atomic E-state index is 1.19. The van der Waals surface area contributed by atoms with Gasteiger partial charge in [0.25, 0.3) is 0 Å². The Labute approximate surface area is 84.8 Å². The van der Waals surface area contributed by atoms with Crippen LogP contribution in [0.25, 0.3) is 11.3 Å². The molecule has 14 heavy (non-hydrogen) atoms. The molecule has 72 valence electrons. The lowest BCUT2D eigenvalue weighted by molar-refractivity contribution is 1.26. The molecule has 1 nitrogen and oxygen atoms in total. The summed E-state index contributed by atoms with van der Waals surface area (Å²) in [4.78, 5) is 3.23. The second-order valence-corrected chi connectivity index (χ2v) is 3.82. The molecule has 1 aromatic heterocycles. The van der Waals surface area contributed by atoms with E-state index in [2.05, 4.69) is 44.0 Å². The Morgan fingerprint density at radius 3 is 2.14 bits per heavy atom. The number of aromatic amines is 1. The first-order chi connectivity index (χ1) is 6.68. The molecule has 2 rings (SSSR count). The van der Waals surface area contributed by atoms with Crippen LogP contribution in [0.3, 0.4) is 0 Å². The van der Waals surface area contributed by atoms with Gasteiger partial charge in [-0.05, 0) is 67.3 Å². The maximum atomic E-state index is 3.23. The Bertz CT molecular complexity index is 415. The maximum absolute atomic E-state index is 3.23. The van der Waals surface area contributed by atoms with E-state index in [1.807, 2.05) is 12.3 Å².